The predicted octanol–water partition coefficient (Wildman–Crippen LogP) is 11.6. The maximum Gasteiger partial charge on any atom is 0.100 e. The van der Waals surface area contributed by atoms with Gasteiger partial charge in [-0.1, -0.05) is 105 Å². The fraction of sp³-hybridized carbons (Fsp3) is 0.163. The standard InChI is InChI=1S/C43H41N3/c1-6-10-17-35-29-37(25-21-32(35)5)46(36(9-4)18-11-7-2)27-14-16-33(15-8-3)22-23-34-24-26-40-41(28-34)43(31-45)39-20-13-12-19-38(39)42(40)30-44/h7-9,11-16,18-29H,4,6,10,17H2,1-3,5H3/b11-7+,15-8-,23-22?,27-14+,33-16+,36-18+. The van der Waals surface area contributed by atoms with Crippen LogP contribution in [-0.2, 0) is 6.42 Å². The molecule has 0 fully saturated rings. The lowest BCUT2D eigenvalue weighted by atomic mass is 9.91. The number of nitrogens with zero attached hydrogens (tertiary/aromatic N) is 3. The SMILES string of the molecule is C=C/C(=C\C=C\C)N(/C=C/C=C(C=Cc1ccc2c(C#N)c3ccccc3c(C#N)c2c1)\C=C/C)c1ccc(C)c(CCCC)c1. The highest BCUT2D eigenvalue weighted by molar-refractivity contribution is 6.09. The summed E-state index contributed by atoms with van der Waals surface area (Å²) in [4.78, 5) is 2.17. The van der Waals surface area contributed by atoms with Crippen molar-refractivity contribution in [2.24, 2.45) is 0 Å². The van der Waals surface area contributed by atoms with E-state index in [0.717, 1.165) is 63.3 Å². The first kappa shape index (κ1) is 33.3. The van der Waals surface area contributed by atoms with Crippen LogP contribution in [0.4, 0.5) is 5.69 Å². The average molecular weight is 600 g/mol. The number of hydrogen-bond donors (Lipinski definition) is 0. The number of fused-ring (bicyclic) bond motifs is 2. The molecule has 0 aliphatic rings. The molecular weight excluding hydrogens is 558 g/mol. The number of aryl methyl sites for hydroxylation is 2. The summed E-state index contributed by atoms with van der Waals surface area (Å²) >= 11 is 0. The molecule has 0 bridgehead atoms. The van der Waals surface area contributed by atoms with E-state index in [-0.39, 0.29) is 0 Å². The Balaban J connectivity index is 1.72. The first-order valence-electron chi connectivity index (χ1n) is 15.8. The second-order valence-electron chi connectivity index (χ2n) is 11.1. The Labute approximate surface area is 274 Å². The summed E-state index contributed by atoms with van der Waals surface area (Å²) in [6, 6.07) is 25.0. The molecule has 0 aliphatic heterocycles. The molecule has 3 nitrogen and oxygen atoms in total. The van der Waals surface area contributed by atoms with Crippen molar-refractivity contribution in [3.8, 4) is 12.1 Å². The monoisotopic (exact) mass is 599 g/mol. The molecule has 0 saturated carbocycles. The van der Waals surface area contributed by atoms with Crippen molar-refractivity contribution in [1.29, 1.82) is 10.5 Å². The van der Waals surface area contributed by atoms with Gasteiger partial charge < -0.3 is 4.90 Å². The van der Waals surface area contributed by atoms with Crippen LogP contribution in [-0.4, -0.2) is 0 Å². The number of benzene rings is 4. The molecule has 4 aromatic carbocycles. The largest absolute Gasteiger partial charge is 0.317 e. The highest BCUT2D eigenvalue weighted by Crippen LogP contribution is 2.33. The molecule has 0 aliphatic carbocycles. The summed E-state index contributed by atoms with van der Waals surface area (Å²) in [6.45, 7) is 12.5. The second-order valence-corrected chi connectivity index (χ2v) is 11.1. The fourth-order valence-corrected chi connectivity index (χ4v) is 5.54. The number of anilines is 1. The molecule has 0 unspecified atom stereocenters. The van der Waals surface area contributed by atoms with Crippen molar-refractivity contribution in [3.63, 3.8) is 0 Å². The molecule has 46 heavy (non-hydrogen) atoms. The molecule has 0 saturated heterocycles. The number of allylic oxidation sites excluding steroid dienone is 10. The highest BCUT2D eigenvalue weighted by atomic mass is 15.1. The Morgan fingerprint density at radius 1 is 0.826 bits per heavy atom. The van der Waals surface area contributed by atoms with Crippen LogP contribution in [0.5, 0.6) is 0 Å². The summed E-state index contributed by atoms with van der Waals surface area (Å²) in [5.74, 6) is 0. The Bertz CT molecular complexity index is 2000. The van der Waals surface area contributed by atoms with Crippen molar-refractivity contribution in [1.82, 2.24) is 0 Å². The highest BCUT2D eigenvalue weighted by Gasteiger charge is 2.14. The van der Waals surface area contributed by atoms with Crippen LogP contribution < -0.4 is 4.90 Å². The lowest BCUT2D eigenvalue weighted by molar-refractivity contribution is 0.791. The summed E-state index contributed by atoms with van der Waals surface area (Å²) in [6.07, 6.45) is 25.8. The van der Waals surface area contributed by atoms with Gasteiger partial charge in [0, 0.05) is 39.1 Å². The van der Waals surface area contributed by atoms with Gasteiger partial charge in [-0.05, 0) is 92.3 Å². The van der Waals surface area contributed by atoms with Crippen LogP contribution in [0.3, 0.4) is 0 Å². The minimum atomic E-state index is 0.588. The Kier molecular flexibility index (Phi) is 11.9. The molecule has 4 aromatic rings. The third-order valence-electron chi connectivity index (χ3n) is 7.98. The fourth-order valence-electron chi connectivity index (χ4n) is 5.54. The molecule has 3 heteroatoms. The van der Waals surface area contributed by atoms with Crippen LogP contribution in [0.2, 0.25) is 0 Å². The molecule has 0 aromatic heterocycles. The van der Waals surface area contributed by atoms with E-state index in [0.29, 0.717) is 11.1 Å². The molecule has 0 heterocycles. The van der Waals surface area contributed by atoms with Gasteiger partial charge in [0.15, 0.2) is 0 Å². The van der Waals surface area contributed by atoms with Crippen molar-refractivity contribution >= 4 is 33.3 Å². The average Bonchev–Trinajstić information content (AvgIpc) is 3.08. The van der Waals surface area contributed by atoms with E-state index in [1.54, 1.807) is 0 Å². The van der Waals surface area contributed by atoms with Crippen LogP contribution in [0.25, 0.3) is 27.6 Å². The van der Waals surface area contributed by atoms with Gasteiger partial charge in [-0.2, -0.15) is 10.5 Å². The van der Waals surface area contributed by atoms with Crippen LogP contribution in [0.1, 0.15) is 61.4 Å². The zero-order valence-electron chi connectivity index (χ0n) is 27.3. The third-order valence-corrected chi connectivity index (χ3v) is 7.98. The number of rotatable bonds is 12. The van der Waals surface area contributed by atoms with Crippen LogP contribution >= 0.6 is 0 Å². The van der Waals surface area contributed by atoms with Crippen molar-refractivity contribution in [2.45, 2.75) is 47.0 Å². The summed E-state index contributed by atoms with van der Waals surface area (Å²) < 4.78 is 0. The van der Waals surface area contributed by atoms with Crippen molar-refractivity contribution in [2.75, 3.05) is 4.90 Å². The van der Waals surface area contributed by atoms with E-state index in [1.807, 2.05) is 86.7 Å². The first-order chi connectivity index (χ1) is 22.5. The Morgan fingerprint density at radius 3 is 2.20 bits per heavy atom. The van der Waals surface area contributed by atoms with Gasteiger partial charge in [0.1, 0.15) is 12.1 Å². The second kappa shape index (κ2) is 16.4. The zero-order chi connectivity index (χ0) is 32.9. The molecule has 0 radical (unpaired) electrons. The molecule has 0 spiro atoms. The zero-order valence-corrected chi connectivity index (χ0v) is 27.3. The van der Waals surface area contributed by atoms with Gasteiger partial charge in [0.05, 0.1) is 11.1 Å². The van der Waals surface area contributed by atoms with Crippen molar-refractivity contribution < 1.29 is 0 Å². The van der Waals surface area contributed by atoms with Crippen molar-refractivity contribution in [3.05, 3.63) is 167 Å². The van der Waals surface area contributed by atoms with Gasteiger partial charge in [-0.3, -0.25) is 0 Å². The number of nitriles is 2. The maximum atomic E-state index is 10.1. The van der Waals surface area contributed by atoms with Gasteiger partial charge in [0.25, 0.3) is 0 Å². The van der Waals surface area contributed by atoms with Gasteiger partial charge in [0.2, 0.25) is 0 Å². The van der Waals surface area contributed by atoms with E-state index in [2.05, 4.69) is 92.2 Å². The Morgan fingerprint density at radius 2 is 1.54 bits per heavy atom. The molecule has 228 valence electrons. The lowest BCUT2D eigenvalue weighted by Crippen LogP contribution is -2.14. The first-order valence-corrected chi connectivity index (χ1v) is 15.8. The van der Waals surface area contributed by atoms with E-state index in [9.17, 15) is 10.5 Å². The van der Waals surface area contributed by atoms with Gasteiger partial charge in [-0.25, -0.2) is 0 Å². The molecule has 4 rings (SSSR count). The molecule has 0 N–H and O–H groups in total. The maximum absolute atomic E-state index is 10.1. The van der Waals surface area contributed by atoms with Gasteiger partial charge >= 0.3 is 0 Å². The minimum Gasteiger partial charge on any atom is -0.317 e. The van der Waals surface area contributed by atoms with E-state index < -0.39 is 0 Å². The molecule has 0 amide bonds. The van der Waals surface area contributed by atoms with E-state index >= 15 is 0 Å². The summed E-state index contributed by atoms with van der Waals surface area (Å²) in [5, 5.41) is 23.2. The quantitative estimate of drug-likeness (QED) is 0.120. The molecular formula is C43H41N3. The predicted molar refractivity (Wildman–Crippen MR) is 197 cm³/mol. The van der Waals surface area contributed by atoms with E-state index in [4.69, 9.17) is 0 Å². The number of hydrogen-bond acceptors (Lipinski definition) is 3. The molecule has 0 atom stereocenters. The van der Waals surface area contributed by atoms with E-state index in [1.165, 1.54) is 11.1 Å². The summed E-state index contributed by atoms with van der Waals surface area (Å²) in [7, 11) is 0. The summed E-state index contributed by atoms with van der Waals surface area (Å²) in [5.41, 5.74) is 7.89. The topological polar surface area (TPSA) is 50.8 Å². The van der Waals surface area contributed by atoms with Crippen LogP contribution in [0.15, 0.2) is 139 Å². The lowest BCUT2D eigenvalue weighted by Gasteiger charge is -2.23. The smallest absolute Gasteiger partial charge is 0.100 e. The normalized spacial score (nSPS) is 12.6. The Hall–Kier alpha value is -5.64. The third kappa shape index (κ3) is 7.71. The van der Waals surface area contributed by atoms with Crippen LogP contribution in [0, 0.1) is 29.6 Å². The number of unbranched alkanes of at least 4 members (excludes halogenated alkanes) is 1. The van der Waals surface area contributed by atoms with Gasteiger partial charge in [-0.15, -0.1) is 0 Å². The minimum absolute atomic E-state index is 0.588.